The third-order valence-electron chi connectivity index (χ3n) is 5.13. The van der Waals surface area contributed by atoms with Gasteiger partial charge in [0, 0.05) is 42.9 Å². The third kappa shape index (κ3) is 5.08. The van der Waals surface area contributed by atoms with Crippen molar-refractivity contribution < 1.29 is 17.9 Å². The van der Waals surface area contributed by atoms with E-state index in [0.717, 1.165) is 0 Å². The predicted molar refractivity (Wildman–Crippen MR) is 128 cm³/mol. The second kappa shape index (κ2) is 9.45. The van der Waals surface area contributed by atoms with Gasteiger partial charge in [-0.05, 0) is 42.0 Å². The zero-order valence-electron chi connectivity index (χ0n) is 18.8. The molecule has 0 spiro atoms. The molecule has 0 aliphatic heterocycles. The van der Waals surface area contributed by atoms with Crippen LogP contribution >= 0.6 is 0 Å². The van der Waals surface area contributed by atoms with Gasteiger partial charge in [-0.3, -0.25) is 9.36 Å². The molecule has 0 amide bonds. The Morgan fingerprint density at radius 3 is 2.63 bits per heavy atom. The molecular weight excluding hydrogens is 461 g/mol. The smallest absolute Gasteiger partial charge is 0.422 e. The average Bonchev–Trinajstić information content (AvgIpc) is 2.83. The summed E-state index contributed by atoms with van der Waals surface area (Å²) < 4.78 is 44.0. The van der Waals surface area contributed by atoms with Gasteiger partial charge in [0.1, 0.15) is 5.82 Å². The molecule has 0 saturated carbocycles. The first-order valence-corrected chi connectivity index (χ1v) is 10.5. The van der Waals surface area contributed by atoms with Gasteiger partial charge in [-0.25, -0.2) is 4.98 Å². The van der Waals surface area contributed by atoms with E-state index in [9.17, 15) is 18.0 Å². The molecule has 3 aromatic rings. The number of halogens is 3. The van der Waals surface area contributed by atoms with Gasteiger partial charge >= 0.3 is 6.18 Å². The summed E-state index contributed by atoms with van der Waals surface area (Å²) in [4.78, 5) is 22.2. The van der Waals surface area contributed by atoms with Gasteiger partial charge in [0.05, 0.1) is 17.6 Å². The molecule has 35 heavy (non-hydrogen) atoms. The number of aromatic nitrogens is 3. The maximum atomic E-state index is 13.7. The minimum Gasteiger partial charge on any atom is -0.468 e. The van der Waals surface area contributed by atoms with Crippen LogP contribution in [0, 0.1) is 5.41 Å². The highest BCUT2D eigenvalue weighted by molar-refractivity contribution is 6.13. The summed E-state index contributed by atoms with van der Waals surface area (Å²) in [5.74, 6) is 0.308. The lowest BCUT2D eigenvalue weighted by Crippen LogP contribution is -2.24. The summed E-state index contributed by atoms with van der Waals surface area (Å²) in [6, 6.07) is 7.80. The number of ether oxygens (including phenoxy) is 1. The largest absolute Gasteiger partial charge is 0.468 e. The molecule has 3 N–H and O–H groups in total. The molecule has 3 aromatic heterocycles. The number of rotatable bonds is 6. The SMILES string of the molecule is CN/C=C1/C=C(c2cc3ccc(OCC(F)(F)F)nc3n(-c3ccc(NC)nc3)c2=O)C=CC1=N. The maximum Gasteiger partial charge on any atom is 0.422 e. The van der Waals surface area contributed by atoms with E-state index >= 15 is 0 Å². The summed E-state index contributed by atoms with van der Waals surface area (Å²) in [6.45, 7) is -1.50. The van der Waals surface area contributed by atoms with Crippen LogP contribution in [0.25, 0.3) is 22.3 Å². The van der Waals surface area contributed by atoms with E-state index in [0.29, 0.717) is 33.6 Å². The Morgan fingerprint density at radius 2 is 1.97 bits per heavy atom. The molecule has 4 rings (SSSR count). The van der Waals surface area contributed by atoms with Gasteiger partial charge in [-0.1, -0.05) is 6.08 Å². The van der Waals surface area contributed by atoms with Crippen LogP contribution < -0.4 is 20.9 Å². The fraction of sp³-hybridized carbons (Fsp3) is 0.167. The molecule has 0 atom stereocenters. The molecule has 180 valence electrons. The van der Waals surface area contributed by atoms with E-state index in [-0.39, 0.29) is 17.2 Å². The van der Waals surface area contributed by atoms with E-state index in [4.69, 9.17) is 10.1 Å². The molecule has 11 heteroatoms. The second-order valence-electron chi connectivity index (χ2n) is 7.55. The number of nitrogens with zero attached hydrogens (tertiary/aromatic N) is 3. The maximum absolute atomic E-state index is 13.7. The zero-order valence-corrected chi connectivity index (χ0v) is 18.8. The highest BCUT2D eigenvalue weighted by Gasteiger charge is 2.29. The lowest BCUT2D eigenvalue weighted by molar-refractivity contribution is -0.154. The molecule has 3 heterocycles. The Labute approximate surface area is 198 Å². The van der Waals surface area contributed by atoms with Gasteiger partial charge < -0.3 is 20.8 Å². The monoisotopic (exact) mass is 482 g/mol. The van der Waals surface area contributed by atoms with Crippen molar-refractivity contribution >= 4 is 28.1 Å². The molecule has 1 aliphatic carbocycles. The van der Waals surface area contributed by atoms with Crippen molar-refractivity contribution in [3.63, 3.8) is 0 Å². The number of hydrogen-bond donors (Lipinski definition) is 3. The van der Waals surface area contributed by atoms with E-state index in [1.54, 1.807) is 62.8 Å². The number of nitrogens with one attached hydrogen (secondary N) is 3. The van der Waals surface area contributed by atoms with Gasteiger partial charge in [-0.15, -0.1) is 0 Å². The van der Waals surface area contributed by atoms with Gasteiger partial charge in [0.2, 0.25) is 5.88 Å². The molecule has 0 radical (unpaired) electrons. The minimum atomic E-state index is -4.53. The Balaban J connectivity index is 1.93. The van der Waals surface area contributed by atoms with Crippen LogP contribution in [0.5, 0.6) is 5.88 Å². The molecule has 0 unspecified atom stereocenters. The topological polar surface area (TPSA) is 105 Å². The van der Waals surface area contributed by atoms with Crippen molar-refractivity contribution in [3.05, 3.63) is 82.4 Å². The van der Waals surface area contributed by atoms with Crippen molar-refractivity contribution in [1.29, 1.82) is 5.41 Å². The Bertz CT molecular complexity index is 1440. The third-order valence-corrected chi connectivity index (χ3v) is 5.13. The van der Waals surface area contributed by atoms with Crippen molar-refractivity contribution in [2.75, 3.05) is 26.0 Å². The minimum absolute atomic E-state index is 0.122. The first kappa shape index (κ1) is 23.7. The van der Waals surface area contributed by atoms with Gasteiger partial charge in [0.25, 0.3) is 5.56 Å². The molecule has 0 aromatic carbocycles. The molecule has 1 aliphatic rings. The molecule has 0 bridgehead atoms. The number of fused-ring (bicyclic) bond motifs is 1. The number of anilines is 1. The van der Waals surface area contributed by atoms with Crippen LogP contribution in [-0.2, 0) is 0 Å². The van der Waals surface area contributed by atoms with Crippen molar-refractivity contribution in [1.82, 2.24) is 19.9 Å². The first-order chi connectivity index (χ1) is 16.7. The number of allylic oxidation sites excluding steroid dienone is 5. The molecule has 8 nitrogen and oxygen atoms in total. The lowest BCUT2D eigenvalue weighted by Gasteiger charge is -2.16. The van der Waals surface area contributed by atoms with E-state index in [1.807, 2.05) is 0 Å². The van der Waals surface area contributed by atoms with Crippen LogP contribution in [-0.4, -0.2) is 47.1 Å². The Hall–Kier alpha value is -4.41. The highest BCUT2D eigenvalue weighted by atomic mass is 19.4. The average molecular weight is 482 g/mol. The summed E-state index contributed by atoms with van der Waals surface area (Å²) in [5.41, 5.74) is 1.81. The lowest BCUT2D eigenvalue weighted by atomic mass is 9.95. The predicted octanol–water partition coefficient (Wildman–Crippen LogP) is 3.84. The zero-order chi connectivity index (χ0) is 25.2. The fourth-order valence-corrected chi connectivity index (χ4v) is 3.52. The van der Waals surface area contributed by atoms with Crippen molar-refractivity contribution in [2.24, 2.45) is 0 Å². The van der Waals surface area contributed by atoms with Gasteiger partial charge in [-0.2, -0.15) is 18.2 Å². The summed E-state index contributed by atoms with van der Waals surface area (Å²) >= 11 is 0. The Morgan fingerprint density at radius 1 is 1.17 bits per heavy atom. The summed E-state index contributed by atoms with van der Waals surface area (Å²) in [6.07, 6.45) is 3.55. The standard InChI is InChI=1S/C24H21F3N6O2/c1-29-11-16-9-14(3-6-19(16)28)18-10-15-4-8-21(35-13-24(25,26)27)32-22(15)33(23(18)34)17-5-7-20(30-2)31-12-17/h3-12,28-29H,13H2,1-2H3,(H,30,31)/b16-11-,28-19?. The molecular formula is C24H21F3N6O2. The Kier molecular flexibility index (Phi) is 6.41. The van der Waals surface area contributed by atoms with Crippen LogP contribution in [0.2, 0.25) is 0 Å². The van der Waals surface area contributed by atoms with Crippen LogP contribution in [0.3, 0.4) is 0 Å². The fourth-order valence-electron chi connectivity index (χ4n) is 3.52. The quantitative estimate of drug-likeness (QED) is 0.493. The highest BCUT2D eigenvalue weighted by Crippen LogP contribution is 2.26. The van der Waals surface area contributed by atoms with Crippen LogP contribution in [0.4, 0.5) is 19.0 Å². The molecule has 0 fully saturated rings. The first-order valence-electron chi connectivity index (χ1n) is 10.5. The second-order valence-corrected chi connectivity index (χ2v) is 7.55. The van der Waals surface area contributed by atoms with E-state index < -0.39 is 18.3 Å². The van der Waals surface area contributed by atoms with E-state index in [1.165, 1.54) is 16.8 Å². The number of pyridine rings is 3. The van der Waals surface area contributed by atoms with Crippen molar-refractivity contribution in [2.45, 2.75) is 6.18 Å². The molecule has 0 saturated heterocycles. The van der Waals surface area contributed by atoms with Crippen molar-refractivity contribution in [3.8, 4) is 11.6 Å². The van der Waals surface area contributed by atoms with Gasteiger partial charge in [0.15, 0.2) is 12.3 Å². The summed E-state index contributed by atoms with van der Waals surface area (Å²) in [5, 5.41) is 14.3. The normalized spacial score (nSPS) is 14.8. The van der Waals surface area contributed by atoms with Crippen LogP contribution in [0.15, 0.2) is 71.3 Å². The summed E-state index contributed by atoms with van der Waals surface area (Å²) in [7, 11) is 3.41. The number of hydrogen-bond acceptors (Lipinski definition) is 7. The van der Waals surface area contributed by atoms with Crippen LogP contribution in [0.1, 0.15) is 5.56 Å². The number of alkyl halides is 3. The van der Waals surface area contributed by atoms with E-state index in [2.05, 4.69) is 20.6 Å².